The Morgan fingerprint density at radius 1 is 0.171 bits per heavy atom. The van der Waals surface area contributed by atoms with E-state index >= 15 is 0 Å². The highest BCUT2D eigenvalue weighted by atomic mass is 127. The third-order valence-electron chi connectivity index (χ3n) is 7.96. The Labute approximate surface area is 242 Å². The molecule has 0 radical (unpaired) electrons. The molecule has 0 N–H and O–H groups in total. The van der Waals surface area contributed by atoms with Gasteiger partial charge in [0.1, 0.15) is 0 Å². The van der Waals surface area contributed by atoms with Crippen molar-refractivity contribution < 1.29 is 0 Å². The van der Waals surface area contributed by atoms with Crippen molar-refractivity contribution in [2.24, 2.45) is 0 Å². The molecule has 0 saturated heterocycles. The van der Waals surface area contributed by atoms with E-state index in [0.29, 0.717) is 0 Å². The molecule has 1 heteroatoms. The normalized spacial score (nSPS) is 11.1. The minimum absolute atomic E-state index is 0. The van der Waals surface area contributed by atoms with E-state index in [-0.39, 0.29) is 24.0 Å². The molecule has 0 aromatic rings. The van der Waals surface area contributed by atoms with Gasteiger partial charge in [0.05, 0.1) is 0 Å². The van der Waals surface area contributed by atoms with Gasteiger partial charge in [0.25, 0.3) is 0 Å². The molecule has 0 aliphatic rings. The van der Waals surface area contributed by atoms with Crippen LogP contribution < -0.4 is 0 Å². The van der Waals surface area contributed by atoms with Gasteiger partial charge >= 0.3 is 0 Å². The maximum atomic E-state index is 2.31. The molecule has 214 valence electrons. The summed E-state index contributed by atoms with van der Waals surface area (Å²) >= 11 is 0. The van der Waals surface area contributed by atoms with Gasteiger partial charge in [-0.1, -0.05) is 219 Å². The van der Waals surface area contributed by atoms with Crippen molar-refractivity contribution in [1.29, 1.82) is 0 Å². The maximum absolute atomic E-state index is 2.31. The summed E-state index contributed by atoms with van der Waals surface area (Å²) in [6.45, 7) is 4.62. The molecule has 0 aromatic heterocycles. The molecule has 0 nitrogen and oxygen atoms in total. The van der Waals surface area contributed by atoms with Gasteiger partial charge in [-0.2, -0.15) is 0 Å². The van der Waals surface area contributed by atoms with Gasteiger partial charge in [-0.05, 0) is 0 Å². The van der Waals surface area contributed by atoms with Crippen LogP contribution >= 0.6 is 24.0 Å². The predicted molar refractivity (Wildman–Crippen MR) is 175 cm³/mol. The van der Waals surface area contributed by atoms with Gasteiger partial charge in [0.15, 0.2) is 0 Å². The first kappa shape index (κ1) is 37.9. The second-order valence-electron chi connectivity index (χ2n) is 11.6. The molecule has 0 unspecified atom stereocenters. The minimum Gasteiger partial charge on any atom is -0.107 e. The van der Waals surface area contributed by atoms with E-state index in [1.807, 2.05) is 0 Å². The highest BCUT2D eigenvalue weighted by Gasteiger charge is 1.97. The molecule has 0 saturated carbocycles. The van der Waals surface area contributed by atoms with Crippen LogP contribution in [0.3, 0.4) is 0 Å². The van der Waals surface area contributed by atoms with Crippen molar-refractivity contribution in [3.05, 3.63) is 0 Å². The standard InChI is InChI=1S/C34H70.HI/c1-3-5-7-9-11-13-15-17-19-21-23-25-27-29-31-33-34-32-30-28-26-24-22-20-18-16-14-12-10-8-6-4-2;/h3-34H2,1-2H3;1H. The van der Waals surface area contributed by atoms with E-state index in [1.165, 1.54) is 205 Å². The van der Waals surface area contributed by atoms with E-state index in [0.717, 1.165) is 0 Å². The quantitative estimate of drug-likeness (QED) is 0.0544. The van der Waals surface area contributed by atoms with Crippen LogP contribution in [0.1, 0.15) is 219 Å². The number of rotatable bonds is 31. The van der Waals surface area contributed by atoms with Gasteiger partial charge in [0, 0.05) is 0 Å². The Bertz CT molecular complexity index is 295. The molecular weight excluding hydrogens is 535 g/mol. The Balaban J connectivity index is 0. The molecule has 0 atom stereocenters. The Kier molecular flexibility index (Phi) is 39.9. The lowest BCUT2D eigenvalue weighted by Crippen LogP contribution is -1.85. The van der Waals surface area contributed by atoms with Crippen molar-refractivity contribution in [1.82, 2.24) is 0 Å². The summed E-state index contributed by atoms with van der Waals surface area (Å²) in [7, 11) is 0. The first-order valence-corrected chi connectivity index (χ1v) is 16.9. The molecule has 35 heavy (non-hydrogen) atoms. The SMILES string of the molecule is CCCCCCCCCCCCCCCCCCCCCCCCCCCCCCCCCC.I. The number of halogens is 1. The molecule has 0 bridgehead atoms. The molecule has 0 fully saturated rings. The summed E-state index contributed by atoms with van der Waals surface area (Å²) in [5.74, 6) is 0. The zero-order valence-electron chi connectivity index (χ0n) is 25.0. The Hall–Kier alpha value is 0.730. The van der Waals surface area contributed by atoms with Crippen molar-refractivity contribution in [3.63, 3.8) is 0 Å². The van der Waals surface area contributed by atoms with Crippen LogP contribution in [-0.2, 0) is 0 Å². The monoisotopic (exact) mass is 606 g/mol. The summed E-state index contributed by atoms with van der Waals surface area (Å²) in [4.78, 5) is 0. The topological polar surface area (TPSA) is 0 Å². The van der Waals surface area contributed by atoms with E-state index in [2.05, 4.69) is 13.8 Å². The van der Waals surface area contributed by atoms with Crippen LogP contribution in [-0.4, -0.2) is 0 Å². The van der Waals surface area contributed by atoms with Gasteiger partial charge in [-0.3, -0.25) is 0 Å². The lowest BCUT2D eigenvalue weighted by Gasteiger charge is -2.04. The maximum Gasteiger partial charge on any atom is -0.0533 e. The largest absolute Gasteiger partial charge is 0.107 e. The summed E-state index contributed by atoms with van der Waals surface area (Å²) < 4.78 is 0. The van der Waals surface area contributed by atoms with Crippen molar-refractivity contribution in [2.75, 3.05) is 0 Å². The summed E-state index contributed by atoms with van der Waals surface area (Å²) in [5.41, 5.74) is 0. The Morgan fingerprint density at radius 2 is 0.257 bits per heavy atom. The van der Waals surface area contributed by atoms with Crippen LogP contribution in [0, 0.1) is 0 Å². The molecule has 0 amide bonds. The van der Waals surface area contributed by atoms with Gasteiger partial charge in [0.2, 0.25) is 0 Å². The smallest absolute Gasteiger partial charge is 0.0533 e. The van der Waals surface area contributed by atoms with E-state index in [9.17, 15) is 0 Å². The molecule has 0 aliphatic heterocycles. The molecular formula is C34H71I. The molecule has 0 aliphatic carbocycles. The molecule has 0 aromatic carbocycles. The fraction of sp³-hybridized carbons (Fsp3) is 1.00. The van der Waals surface area contributed by atoms with Crippen molar-refractivity contribution >= 4 is 24.0 Å². The molecule has 0 heterocycles. The third-order valence-corrected chi connectivity index (χ3v) is 7.96. The summed E-state index contributed by atoms with van der Waals surface area (Å²) in [6, 6.07) is 0. The average Bonchev–Trinajstić information content (AvgIpc) is 2.85. The van der Waals surface area contributed by atoms with Crippen LogP contribution in [0.25, 0.3) is 0 Å². The first-order valence-electron chi connectivity index (χ1n) is 16.9. The van der Waals surface area contributed by atoms with Crippen LogP contribution in [0.4, 0.5) is 0 Å². The molecule has 0 spiro atoms. The van der Waals surface area contributed by atoms with E-state index < -0.39 is 0 Å². The Morgan fingerprint density at radius 3 is 0.343 bits per heavy atom. The average molecular weight is 607 g/mol. The fourth-order valence-corrected chi connectivity index (χ4v) is 5.45. The van der Waals surface area contributed by atoms with Crippen molar-refractivity contribution in [2.45, 2.75) is 219 Å². The lowest BCUT2D eigenvalue weighted by atomic mass is 10.0. The third kappa shape index (κ3) is 37.0. The fourth-order valence-electron chi connectivity index (χ4n) is 5.45. The highest BCUT2D eigenvalue weighted by molar-refractivity contribution is 14.0. The van der Waals surface area contributed by atoms with Crippen molar-refractivity contribution in [3.8, 4) is 0 Å². The number of unbranched alkanes of at least 4 members (excludes halogenated alkanes) is 31. The minimum atomic E-state index is 0. The molecule has 0 rings (SSSR count). The summed E-state index contributed by atoms with van der Waals surface area (Å²) in [5, 5.41) is 0. The first-order chi connectivity index (χ1) is 16.9. The van der Waals surface area contributed by atoms with Gasteiger partial charge in [-0.15, -0.1) is 24.0 Å². The zero-order valence-corrected chi connectivity index (χ0v) is 27.4. The second-order valence-corrected chi connectivity index (χ2v) is 11.6. The summed E-state index contributed by atoms with van der Waals surface area (Å²) in [6.07, 6.45) is 47.4. The zero-order chi connectivity index (χ0) is 24.6. The van der Waals surface area contributed by atoms with Gasteiger partial charge < -0.3 is 0 Å². The lowest BCUT2D eigenvalue weighted by molar-refractivity contribution is 0.512. The predicted octanol–water partition coefficient (Wildman–Crippen LogP) is 14.1. The van der Waals surface area contributed by atoms with E-state index in [4.69, 9.17) is 0 Å². The van der Waals surface area contributed by atoms with Crippen LogP contribution in [0.5, 0.6) is 0 Å². The van der Waals surface area contributed by atoms with Crippen LogP contribution in [0.2, 0.25) is 0 Å². The second kappa shape index (κ2) is 36.9. The highest BCUT2D eigenvalue weighted by Crippen LogP contribution is 2.16. The number of hydrogen-bond donors (Lipinski definition) is 0. The van der Waals surface area contributed by atoms with Crippen LogP contribution in [0.15, 0.2) is 0 Å². The van der Waals surface area contributed by atoms with Gasteiger partial charge in [-0.25, -0.2) is 0 Å². The van der Waals surface area contributed by atoms with E-state index in [1.54, 1.807) is 0 Å². The number of hydrogen-bond acceptors (Lipinski definition) is 0.